The highest BCUT2D eigenvalue weighted by Gasteiger charge is 2.26. The average Bonchev–Trinajstić information content (AvgIpc) is 2.90. The van der Waals surface area contributed by atoms with Gasteiger partial charge in [0.15, 0.2) is 0 Å². The summed E-state index contributed by atoms with van der Waals surface area (Å²) in [6.45, 7) is 4.82. The number of rotatable bonds is 4. The first kappa shape index (κ1) is 20.1. The molecule has 7 nitrogen and oxygen atoms in total. The topological polar surface area (TPSA) is 73.0 Å². The molecule has 0 bridgehead atoms. The maximum atomic E-state index is 12.6. The molecule has 0 saturated carbocycles. The van der Waals surface area contributed by atoms with E-state index in [9.17, 15) is 13.2 Å². The Balaban J connectivity index is 1.43. The summed E-state index contributed by atoms with van der Waals surface area (Å²) in [7, 11) is -3.19. The molecule has 1 aromatic carbocycles. The molecule has 2 fully saturated rings. The van der Waals surface area contributed by atoms with Gasteiger partial charge in [0.25, 0.3) is 0 Å². The highest BCUT2D eigenvalue weighted by molar-refractivity contribution is 7.88. The van der Waals surface area contributed by atoms with Crippen LogP contribution in [0.2, 0.25) is 0 Å². The lowest BCUT2D eigenvalue weighted by molar-refractivity contribution is 0.170. The van der Waals surface area contributed by atoms with Crippen molar-refractivity contribution in [3.63, 3.8) is 0 Å². The summed E-state index contributed by atoms with van der Waals surface area (Å²) in [5, 5.41) is 3.15. The van der Waals surface area contributed by atoms with Gasteiger partial charge < -0.3 is 10.2 Å². The van der Waals surface area contributed by atoms with Gasteiger partial charge in [-0.25, -0.2) is 17.5 Å². The number of amides is 2. The van der Waals surface area contributed by atoms with Gasteiger partial charge in [-0.05, 0) is 24.8 Å². The lowest BCUT2D eigenvalue weighted by Gasteiger charge is -2.33. The summed E-state index contributed by atoms with van der Waals surface area (Å²) in [6, 6.07) is 10.6. The molecule has 27 heavy (non-hydrogen) atoms. The summed E-state index contributed by atoms with van der Waals surface area (Å²) in [6.07, 6.45) is 3.80. The zero-order chi connectivity index (χ0) is 19.3. The third-order valence-electron chi connectivity index (χ3n) is 5.38. The Hall–Kier alpha value is -1.64. The number of piperidine rings is 1. The van der Waals surface area contributed by atoms with Gasteiger partial charge >= 0.3 is 6.03 Å². The molecule has 2 heterocycles. The fraction of sp³-hybridized carbons (Fsp3) is 0.632. The monoisotopic (exact) mass is 394 g/mol. The van der Waals surface area contributed by atoms with E-state index in [1.165, 1.54) is 16.1 Å². The van der Waals surface area contributed by atoms with E-state index in [0.717, 1.165) is 32.5 Å². The first-order valence-corrected chi connectivity index (χ1v) is 11.5. The Morgan fingerprint density at radius 2 is 1.74 bits per heavy atom. The van der Waals surface area contributed by atoms with Crippen LogP contribution in [0.5, 0.6) is 0 Å². The van der Waals surface area contributed by atoms with Crippen LogP contribution in [0.15, 0.2) is 30.3 Å². The molecule has 8 heteroatoms. The Labute approximate surface area is 162 Å². The van der Waals surface area contributed by atoms with Gasteiger partial charge in [0.2, 0.25) is 10.0 Å². The van der Waals surface area contributed by atoms with Crippen LogP contribution in [0.3, 0.4) is 0 Å². The number of urea groups is 1. The second kappa shape index (κ2) is 9.03. The van der Waals surface area contributed by atoms with Crippen molar-refractivity contribution in [3.05, 3.63) is 35.9 Å². The van der Waals surface area contributed by atoms with Gasteiger partial charge in [0, 0.05) is 51.9 Å². The molecule has 2 aliphatic heterocycles. The second-order valence-electron chi connectivity index (χ2n) is 7.49. The average molecular weight is 395 g/mol. The largest absolute Gasteiger partial charge is 0.335 e. The van der Waals surface area contributed by atoms with Gasteiger partial charge in [-0.3, -0.25) is 4.90 Å². The van der Waals surface area contributed by atoms with E-state index in [2.05, 4.69) is 34.5 Å². The van der Waals surface area contributed by atoms with Crippen LogP contribution in [0, 0.1) is 0 Å². The molecule has 0 spiro atoms. The zero-order valence-corrected chi connectivity index (χ0v) is 16.8. The highest BCUT2D eigenvalue weighted by Crippen LogP contribution is 2.15. The minimum Gasteiger partial charge on any atom is -0.335 e. The quantitative estimate of drug-likeness (QED) is 0.836. The molecule has 0 atom stereocenters. The van der Waals surface area contributed by atoms with Crippen molar-refractivity contribution in [2.24, 2.45) is 0 Å². The predicted molar refractivity (Wildman–Crippen MR) is 106 cm³/mol. The molecular formula is C19H30N4O3S. The van der Waals surface area contributed by atoms with Crippen LogP contribution in [-0.4, -0.2) is 80.1 Å². The summed E-state index contributed by atoms with van der Waals surface area (Å²) in [4.78, 5) is 16.8. The summed E-state index contributed by atoms with van der Waals surface area (Å²) in [5.41, 5.74) is 1.32. The number of carbonyl (C=O) groups excluding carboxylic acids is 1. The van der Waals surface area contributed by atoms with Crippen molar-refractivity contribution in [1.29, 1.82) is 0 Å². The van der Waals surface area contributed by atoms with E-state index in [1.807, 2.05) is 6.07 Å². The Kier molecular flexibility index (Phi) is 6.73. The molecule has 1 N–H and O–H groups in total. The molecule has 0 unspecified atom stereocenters. The lowest BCUT2D eigenvalue weighted by Crippen LogP contribution is -2.49. The van der Waals surface area contributed by atoms with Crippen LogP contribution in [0.4, 0.5) is 4.79 Å². The maximum absolute atomic E-state index is 12.6. The van der Waals surface area contributed by atoms with Crippen molar-refractivity contribution in [1.82, 2.24) is 19.4 Å². The van der Waals surface area contributed by atoms with Gasteiger partial charge in [-0.1, -0.05) is 30.3 Å². The molecule has 2 aliphatic rings. The first-order valence-electron chi connectivity index (χ1n) is 9.68. The number of likely N-dealkylation sites (tertiary alicyclic amines) is 1. The molecule has 2 saturated heterocycles. The lowest BCUT2D eigenvalue weighted by atomic mass is 10.0. The summed E-state index contributed by atoms with van der Waals surface area (Å²) >= 11 is 0. The molecule has 2 amide bonds. The smallest absolute Gasteiger partial charge is 0.317 e. The molecule has 0 radical (unpaired) electrons. The number of hydrogen-bond donors (Lipinski definition) is 1. The van der Waals surface area contributed by atoms with E-state index in [0.29, 0.717) is 32.6 Å². The third kappa shape index (κ3) is 5.92. The zero-order valence-electron chi connectivity index (χ0n) is 16.0. The van der Waals surface area contributed by atoms with Crippen molar-refractivity contribution >= 4 is 16.1 Å². The predicted octanol–water partition coefficient (Wildman–Crippen LogP) is 1.33. The fourth-order valence-corrected chi connectivity index (χ4v) is 4.65. The number of carbonyl (C=O) groups is 1. The Morgan fingerprint density at radius 3 is 2.41 bits per heavy atom. The SMILES string of the molecule is CS(=O)(=O)N1CCCN(C(=O)NC2CCN(Cc3ccccc3)CC2)CC1. The number of hydrogen-bond acceptors (Lipinski definition) is 4. The second-order valence-corrected chi connectivity index (χ2v) is 9.47. The van der Waals surface area contributed by atoms with E-state index < -0.39 is 10.0 Å². The van der Waals surface area contributed by atoms with Crippen LogP contribution in [0.25, 0.3) is 0 Å². The molecular weight excluding hydrogens is 364 g/mol. The van der Waals surface area contributed by atoms with Gasteiger partial charge in [0.1, 0.15) is 0 Å². The standard InChI is InChI=1S/C19H30N4O3S/c1-27(25,26)23-11-5-10-22(14-15-23)19(24)20-18-8-12-21(13-9-18)16-17-6-3-2-4-7-17/h2-4,6-7,18H,5,8-16H2,1H3,(H,20,24). The third-order valence-corrected chi connectivity index (χ3v) is 6.68. The van der Waals surface area contributed by atoms with Crippen molar-refractivity contribution < 1.29 is 13.2 Å². The van der Waals surface area contributed by atoms with E-state index in [4.69, 9.17) is 0 Å². The van der Waals surface area contributed by atoms with Crippen LogP contribution in [-0.2, 0) is 16.6 Å². The molecule has 150 valence electrons. The van der Waals surface area contributed by atoms with Crippen molar-refractivity contribution in [3.8, 4) is 0 Å². The van der Waals surface area contributed by atoms with Crippen LogP contribution < -0.4 is 5.32 Å². The first-order chi connectivity index (χ1) is 12.9. The molecule has 0 aromatic heterocycles. The van der Waals surface area contributed by atoms with Crippen LogP contribution in [0.1, 0.15) is 24.8 Å². The van der Waals surface area contributed by atoms with E-state index >= 15 is 0 Å². The summed E-state index contributed by atoms with van der Waals surface area (Å²) in [5.74, 6) is 0. The normalized spacial score (nSPS) is 21.0. The van der Waals surface area contributed by atoms with Crippen molar-refractivity contribution in [2.75, 3.05) is 45.5 Å². The van der Waals surface area contributed by atoms with E-state index in [1.54, 1.807) is 4.90 Å². The molecule has 0 aliphatic carbocycles. The number of sulfonamides is 1. The minimum atomic E-state index is -3.19. The van der Waals surface area contributed by atoms with Crippen LogP contribution >= 0.6 is 0 Å². The van der Waals surface area contributed by atoms with E-state index in [-0.39, 0.29) is 12.1 Å². The minimum absolute atomic E-state index is 0.0631. The number of nitrogens with zero attached hydrogens (tertiary/aromatic N) is 3. The molecule has 1 aromatic rings. The summed E-state index contributed by atoms with van der Waals surface area (Å²) < 4.78 is 24.9. The Bertz CT molecular complexity index is 718. The number of benzene rings is 1. The fourth-order valence-electron chi connectivity index (χ4n) is 3.77. The molecule has 3 rings (SSSR count). The highest BCUT2D eigenvalue weighted by atomic mass is 32.2. The van der Waals surface area contributed by atoms with Gasteiger partial charge in [-0.15, -0.1) is 0 Å². The van der Waals surface area contributed by atoms with Crippen molar-refractivity contribution in [2.45, 2.75) is 31.8 Å². The Morgan fingerprint density at radius 1 is 1.04 bits per heavy atom. The van der Waals surface area contributed by atoms with Gasteiger partial charge in [-0.2, -0.15) is 0 Å². The van der Waals surface area contributed by atoms with Gasteiger partial charge in [0.05, 0.1) is 6.26 Å². The maximum Gasteiger partial charge on any atom is 0.317 e. The number of nitrogens with one attached hydrogen (secondary N) is 1.